The van der Waals surface area contributed by atoms with Gasteiger partial charge in [-0.15, -0.1) is 0 Å². The van der Waals surface area contributed by atoms with Crippen LogP contribution in [0.15, 0.2) is 96.1 Å². The summed E-state index contributed by atoms with van der Waals surface area (Å²) in [6.07, 6.45) is 10.2. The molecule has 3 N–H and O–H groups in total. The SMILES string of the molecule is O=C(CCCCCCOc1cccc(C(=O)N/N=C/c2ccc(CN3C[C@H](c4ccccc4)OC(=O)CC/C=C/CCC3=O)cc2)c1)NO. The lowest BCUT2D eigenvalue weighted by molar-refractivity contribution is -0.152. The predicted molar refractivity (Wildman–Crippen MR) is 185 cm³/mol. The van der Waals surface area contributed by atoms with E-state index in [0.29, 0.717) is 56.6 Å². The molecule has 0 unspecified atom stereocenters. The molecule has 3 aromatic rings. The predicted octanol–water partition coefficient (Wildman–Crippen LogP) is 6.03. The maximum atomic E-state index is 13.3. The van der Waals surface area contributed by atoms with Gasteiger partial charge in [-0.05, 0) is 60.6 Å². The molecule has 0 saturated heterocycles. The summed E-state index contributed by atoms with van der Waals surface area (Å²) in [5, 5.41) is 12.6. The average Bonchev–Trinajstić information content (AvgIpc) is 3.12. The van der Waals surface area contributed by atoms with Crippen molar-refractivity contribution in [3.05, 3.63) is 113 Å². The zero-order valence-corrected chi connectivity index (χ0v) is 27.6. The van der Waals surface area contributed by atoms with Gasteiger partial charge in [-0.1, -0.05) is 85.7 Å². The highest BCUT2D eigenvalue weighted by Gasteiger charge is 2.24. The van der Waals surface area contributed by atoms with E-state index in [1.807, 2.05) is 66.7 Å². The summed E-state index contributed by atoms with van der Waals surface area (Å²) in [5.74, 6) is -0.501. The van der Waals surface area contributed by atoms with Crippen molar-refractivity contribution in [1.82, 2.24) is 15.8 Å². The van der Waals surface area contributed by atoms with Crippen molar-refractivity contribution in [3.8, 4) is 5.75 Å². The zero-order chi connectivity index (χ0) is 34.7. The summed E-state index contributed by atoms with van der Waals surface area (Å²) in [6.45, 7) is 1.07. The maximum absolute atomic E-state index is 13.3. The summed E-state index contributed by atoms with van der Waals surface area (Å²) in [5.41, 5.74) is 7.09. The van der Waals surface area contributed by atoms with Gasteiger partial charge in [0.2, 0.25) is 11.8 Å². The number of carbonyl (C=O) groups excluding carboxylic acids is 4. The summed E-state index contributed by atoms with van der Waals surface area (Å²) in [7, 11) is 0. The number of benzene rings is 3. The molecule has 1 atom stereocenters. The first kappa shape index (κ1) is 36.5. The maximum Gasteiger partial charge on any atom is 0.306 e. The van der Waals surface area contributed by atoms with Crippen LogP contribution in [-0.4, -0.2) is 53.2 Å². The standard InChI is InChI=1S/C38H44N4O7/c43-35(41-47)17-8-3-4-11-24-48-33-16-12-15-32(25-33)38(46)40-39-26-29-20-22-30(23-21-29)27-42-28-34(31-13-6-5-7-14-31)49-37(45)19-10-2-1-9-18-36(42)44/h1-2,5-7,12-16,20-23,25-26,34,47H,3-4,8-11,17-19,24,27-28H2,(H,40,46)(H,41,43)/b2-1+,39-26+/t34-/m1/s1. The molecular weight excluding hydrogens is 624 g/mol. The highest BCUT2D eigenvalue weighted by molar-refractivity contribution is 5.95. The van der Waals surface area contributed by atoms with Crippen molar-refractivity contribution in [2.24, 2.45) is 5.10 Å². The van der Waals surface area contributed by atoms with E-state index in [1.165, 1.54) is 0 Å². The average molecular weight is 669 g/mol. The van der Waals surface area contributed by atoms with Gasteiger partial charge in [0, 0.05) is 31.4 Å². The Morgan fingerprint density at radius 3 is 2.45 bits per heavy atom. The van der Waals surface area contributed by atoms with E-state index in [2.05, 4.69) is 10.5 Å². The molecule has 0 radical (unpaired) electrons. The third kappa shape index (κ3) is 13.0. The van der Waals surface area contributed by atoms with Gasteiger partial charge in [0.05, 0.1) is 19.4 Å². The van der Waals surface area contributed by atoms with Gasteiger partial charge in [-0.3, -0.25) is 24.4 Å². The number of rotatable bonds is 14. The Labute approximate surface area is 286 Å². The number of ether oxygens (including phenoxy) is 2. The van der Waals surface area contributed by atoms with Crippen LogP contribution in [0.1, 0.15) is 90.9 Å². The van der Waals surface area contributed by atoms with Crippen molar-refractivity contribution in [3.63, 3.8) is 0 Å². The second kappa shape index (κ2) is 20.2. The van der Waals surface area contributed by atoms with Crippen molar-refractivity contribution in [2.75, 3.05) is 13.2 Å². The van der Waals surface area contributed by atoms with Gasteiger partial charge in [-0.2, -0.15) is 5.10 Å². The Balaban J connectivity index is 1.29. The van der Waals surface area contributed by atoms with Gasteiger partial charge in [0.25, 0.3) is 5.91 Å². The van der Waals surface area contributed by atoms with Crippen LogP contribution >= 0.6 is 0 Å². The van der Waals surface area contributed by atoms with Crippen molar-refractivity contribution in [1.29, 1.82) is 0 Å². The van der Waals surface area contributed by atoms with E-state index in [4.69, 9.17) is 14.7 Å². The minimum Gasteiger partial charge on any atom is -0.494 e. The van der Waals surface area contributed by atoms with Gasteiger partial charge >= 0.3 is 5.97 Å². The Kier molecular flexibility index (Phi) is 15.0. The number of nitrogens with one attached hydrogen (secondary N) is 2. The van der Waals surface area contributed by atoms with Crippen molar-refractivity contribution in [2.45, 2.75) is 70.4 Å². The number of allylic oxidation sites excluding steroid dienone is 2. The third-order valence-electron chi connectivity index (χ3n) is 7.91. The number of esters is 1. The molecule has 0 spiro atoms. The molecule has 11 nitrogen and oxygen atoms in total. The Morgan fingerprint density at radius 2 is 1.67 bits per heavy atom. The summed E-state index contributed by atoms with van der Waals surface area (Å²) >= 11 is 0. The topological polar surface area (TPSA) is 147 Å². The fourth-order valence-electron chi connectivity index (χ4n) is 5.23. The van der Waals surface area contributed by atoms with Crippen LogP contribution < -0.4 is 15.6 Å². The van der Waals surface area contributed by atoms with Crippen LogP contribution in [-0.2, 0) is 25.7 Å². The number of nitrogens with zero attached hydrogens (tertiary/aromatic N) is 2. The van der Waals surface area contributed by atoms with Crippen molar-refractivity contribution >= 4 is 29.9 Å². The third-order valence-corrected chi connectivity index (χ3v) is 7.91. The van der Waals surface area contributed by atoms with Crippen LogP contribution in [0.25, 0.3) is 0 Å². The van der Waals surface area contributed by atoms with Crippen LogP contribution in [0.3, 0.4) is 0 Å². The molecule has 3 amide bonds. The van der Waals surface area contributed by atoms with E-state index in [-0.39, 0.29) is 36.7 Å². The Hall–Kier alpha value is -5.29. The number of amides is 3. The largest absolute Gasteiger partial charge is 0.494 e. The second-order valence-corrected chi connectivity index (χ2v) is 11.7. The fraction of sp³-hybridized carbons (Fsp3) is 0.342. The van der Waals surface area contributed by atoms with E-state index in [1.54, 1.807) is 40.9 Å². The number of hydroxylamine groups is 1. The van der Waals surface area contributed by atoms with Crippen LogP contribution in [0, 0.1) is 0 Å². The number of unbranched alkanes of at least 4 members (excludes halogenated alkanes) is 3. The lowest BCUT2D eigenvalue weighted by Gasteiger charge is -2.28. The monoisotopic (exact) mass is 668 g/mol. The highest BCUT2D eigenvalue weighted by atomic mass is 16.5. The lowest BCUT2D eigenvalue weighted by atomic mass is 10.1. The number of cyclic esters (lactones) is 1. The van der Waals surface area contributed by atoms with Crippen LogP contribution in [0.2, 0.25) is 0 Å². The number of carbonyl (C=O) groups is 4. The summed E-state index contributed by atoms with van der Waals surface area (Å²) in [6, 6.07) is 23.9. The normalized spacial score (nSPS) is 16.3. The van der Waals surface area contributed by atoms with E-state index in [9.17, 15) is 19.2 Å². The first-order valence-corrected chi connectivity index (χ1v) is 16.7. The fourth-order valence-corrected chi connectivity index (χ4v) is 5.23. The smallest absolute Gasteiger partial charge is 0.306 e. The molecule has 49 heavy (non-hydrogen) atoms. The van der Waals surface area contributed by atoms with Gasteiger partial charge in [-0.25, -0.2) is 10.9 Å². The number of hydrogen-bond donors (Lipinski definition) is 3. The van der Waals surface area contributed by atoms with Gasteiger partial charge < -0.3 is 14.4 Å². The molecule has 0 aromatic heterocycles. The van der Waals surface area contributed by atoms with Crippen LogP contribution in [0.4, 0.5) is 0 Å². The van der Waals surface area contributed by atoms with Gasteiger partial charge in [0.1, 0.15) is 11.9 Å². The highest BCUT2D eigenvalue weighted by Crippen LogP contribution is 2.23. The number of hydrazone groups is 1. The molecule has 1 aliphatic rings. The molecule has 258 valence electrons. The number of hydrogen-bond acceptors (Lipinski definition) is 8. The first-order valence-electron chi connectivity index (χ1n) is 16.7. The molecule has 11 heteroatoms. The lowest BCUT2D eigenvalue weighted by Crippen LogP contribution is -2.35. The quantitative estimate of drug-likeness (QED) is 0.0475. The minimum atomic E-state index is -0.575. The Morgan fingerprint density at radius 1 is 0.918 bits per heavy atom. The molecule has 0 aliphatic carbocycles. The first-order chi connectivity index (χ1) is 23.9. The molecule has 1 aliphatic heterocycles. The summed E-state index contributed by atoms with van der Waals surface area (Å²) < 4.78 is 11.6. The Bertz CT molecular complexity index is 1570. The van der Waals surface area contributed by atoms with Gasteiger partial charge in [0.15, 0.2) is 0 Å². The molecule has 0 bridgehead atoms. The molecule has 0 saturated carbocycles. The minimum absolute atomic E-state index is 0.0213. The van der Waals surface area contributed by atoms with Crippen molar-refractivity contribution < 1.29 is 33.9 Å². The van der Waals surface area contributed by atoms with E-state index >= 15 is 0 Å². The van der Waals surface area contributed by atoms with Crippen LogP contribution in [0.5, 0.6) is 5.75 Å². The molecule has 1 heterocycles. The summed E-state index contributed by atoms with van der Waals surface area (Å²) in [4.78, 5) is 51.4. The molecular formula is C38H44N4O7. The molecule has 4 rings (SSSR count). The zero-order valence-electron chi connectivity index (χ0n) is 27.6. The molecule has 0 fully saturated rings. The van der Waals surface area contributed by atoms with E-state index in [0.717, 1.165) is 36.0 Å². The van der Waals surface area contributed by atoms with E-state index < -0.39 is 6.10 Å². The second-order valence-electron chi connectivity index (χ2n) is 11.7. The molecule has 3 aromatic carbocycles.